The van der Waals surface area contributed by atoms with E-state index in [9.17, 15) is 0 Å². The Hall–Kier alpha value is -18.1. The van der Waals surface area contributed by atoms with Crippen LogP contribution in [0.4, 0.5) is 51.2 Å². The van der Waals surface area contributed by atoms with Gasteiger partial charge in [0, 0.05) is 131 Å². The Labute approximate surface area is 819 Å². The fraction of sp³-hybridized carbons (Fsp3) is 0. The van der Waals surface area contributed by atoms with E-state index in [1.807, 2.05) is 36.7 Å². The predicted octanol–water partition coefficient (Wildman–Crippen LogP) is 34.9. The van der Waals surface area contributed by atoms with Crippen molar-refractivity contribution in [1.82, 2.24) is 44.4 Å². The van der Waals surface area contributed by atoms with Crippen molar-refractivity contribution in [2.24, 2.45) is 0 Å². The molecule has 12 nitrogen and oxygen atoms in total. The first-order chi connectivity index (χ1) is 70.0. The van der Waals surface area contributed by atoms with Crippen molar-refractivity contribution in [2.75, 3.05) is 14.7 Å². The van der Waals surface area contributed by atoms with Crippen molar-refractivity contribution in [2.45, 2.75) is 0 Å². The van der Waals surface area contributed by atoms with Crippen LogP contribution in [0.15, 0.2) is 449 Å². The number of thiophene rings is 3. The van der Waals surface area contributed by atoms with Crippen molar-refractivity contribution >= 4 is 222 Å². The molecule has 15 heteroatoms. The molecule has 0 spiro atoms. The van der Waals surface area contributed by atoms with Crippen LogP contribution in [0.5, 0.6) is 0 Å². The van der Waals surface area contributed by atoms with Gasteiger partial charge in [-0.1, -0.05) is 303 Å². The smallest absolute Gasteiger partial charge is 0.162 e. The van der Waals surface area contributed by atoms with Crippen LogP contribution in [-0.2, 0) is 0 Å². The Bertz CT molecular complexity index is 10000. The average molecular weight is 1850 g/mol. The number of anilines is 9. The van der Waals surface area contributed by atoms with E-state index in [0.717, 1.165) is 147 Å². The molecular weight excluding hydrogens is 1780 g/mol. The van der Waals surface area contributed by atoms with E-state index < -0.39 is 0 Å². The number of para-hydroxylation sites is 5. The first-order valence-corrected chi connectivity index (χ1v) is 49.7. The predicted molar refractivity (Wildman–Crippen MR) is 590 cm³/mol. The number of nitrogens with zero attached hydrogens (tertiary/aromatic N) is 12. The first kappa shape index (κ1) is 80.2. The highest BCUT2D eigenvalue weighted by atomic mass is 32.1. The van der Waals surface area contributed by atoms with Crippen molar-refractivity contribution in [3.8, 4) is 96.0 Å². The lowest BCUT2D eigenvalue weighted by Gasteiger charge is -2.34. The number of rotatable bonds is 9. The summed E-state index contributed by atoms with van der Waals surface area (Å²) in [4.78, 5) is 48.2. The molecule has 0 atom stereocenters. The molecule has 0 N–H and O–H groups in total. The van der Waals surface area contributed by atoms with Crippen LogP contribution in [0.1, 0.15) is 0 Å². The summed E-state index contributed by atoms with van der Waals surface area (Å²) in [5.74, 6) is 3.03. The van der Waals surface area contributed by atoms with Gasteiger partial charge in [0.2, 0.25) is 0 Å². The van der Waals surface area contributed by atoms with Crippen molar-refractivity contribution < 1.29 is 0 Å². The van der Waals surface area contributed by atoms with Gasteiger partial charge in [-0.05, 0) is 171 Å². The molecular formula is C126H74N12S3. The molecule has 31 rings (SSSR count). The average Bonchev–Trinajstić information content (AvgIpc) is 1.44. The summed E-state index contributed by atoms with van der Waals surface area (Å²) < 4.78 is 9.16. The van der Waals surface area contributed by atoms with E-state index >= 15 is 0 Å². The van der Waals surface area contributed by atoms with Crippen molar-refractivity contribution in [1.29, 1.82) is 0 Å². The molecule has 0 saturated heterocycles. The molecule has 19 aromatic carbocycles. The first-order valence-electron chi connectivity index (χ1n) is 47.3. The lowest BCUT2D eigenvalue weighted by molar-refractivity contribution is 1.08. The fourth-order valence-corrected chi connectivity index (χ4v) is 25.4. The topological polar surface area (TPSA) is 118 Å². The molecule has 0 fully saturated rings. The van der Waals surface area contributed by atoms with Gasteiger partial charge in [0.05, 0.1) is 98.6 Å². The molecule has 3 aliphatic heterocycles. The van der Waals surface area contributed by atoms with Crippen LogP contribution < -0.4 is 14.7 Å². The largest absolute Gasteiger partial charge is 0.309 e. The molecule has 0 amide bonds. The van der Waals surface area contributed by atoms with Gasteiger partial charge in [-0.2, -0.15) is 0 Å². The Morgan fingerprint density at radius 2 is 0.603 bits per heavy atom. The number of hydrogen-bond acceptors (Lipinski definition) is 14. The molecule has 141 heavy (non-hydrogen) atoms. The van der Waals surface area contributed by atoms with Gasteiger partial charge < -0.3 is 14.7 Å². The minimum Gasteiger partial charge on any atom is -0.309 e. The molecule has 0 unspecified atom stereocenters. The van der Waals surface area contributed by atoms with Crippen molar-refractivity contribution in [3.05, 3.63) is 449 Å². The molecule has 0 bridgehead atoms. The Kier molecular flexibility index (Phi) is 18.4. The van der Waals surface area contributed by atoms with Gasteiger partial charge in [0.1, 0.15) is 5.69 Å². The highest BCUT2D eigenvalue weighted by Gasteiger charge is 2.34. The summed E-state index contributed by atoms with van der Waals surface area (Å²) in [6, 6.07) is 153. The van der Waals surface area contributed by atoms with Gasteiger partial charge in [-0.3, -0.25) is 14.5 Å². The SMILES string of the molecule is c1ccc(-c2nc(-c3ccc(N4c5ccccc5-c5cccc6cccc4c56)c4ccccc34)nc3c2sc2ccccc23)nc1.c1ccc2c(c1)-c1cccc3cccc(c13)N2c1ccc(-c2nc(-n3c4ccccc4c4ccccc43)c3sc4ccccc4c3n2)c2ccccc12.c1cncc(-c2nc(-c3cccc(N4c5ccccc5-c5cccc6cccc4c56)c3)nc3c2sc2ccccc23)c1. The summed E-state index contributed by atoms with van der Waals surface area (Å²) >= 11 is 5.23. The second-order valence-corrected chi connectivity index (χ2v) is 39.0. The highest BCUT2D eigenvalue weighted by molar-refractivity contribution is 7.27. The van der Waals surface area contributed by atoms with E-state index in [-0.39, 0.29) is 0 Å². The van der Waals surface area contributed by atoms with Gasteiger partial charge in [0.15, 0.2) is 23.3 Å². The number of benzene rings is 19. The van der Waals surface area contributed by atoms with Crippen LogP contribution in [0, 0.1) is 0 Å². The lowest BCUT2D eigenvalue weighted by Crippen LogP contribution is -2.15. The molecule has 28 aromatic rings. The number of fused-ring (bicyclic) bond motifs is 20. The maximum Gasteiger partial charge on any atom is 0.162 e. The van der Waals surface area contributed by atoms with Crippen LogP contribution in [0.3, 0.4) is 0 Å². The van der Waals surface area contributed by atoms with E-state index in [2.05, 4.69) is 431 Å². The zero-order valence-electron chi connectivity index (χ0n) is 75.3. The summed E-state index contributed by atoms with van der Waals surface area (Å²) in [6.45, 7) is 0. The third-order valence-corrected chi connectivity index (χ3v) is 31.6. The molecule has 12 heterocycles. The third kappa shape index (κ3) is 12.7. The van der Waals surface area contributed by atoms with E-state index in [4.69, 9.17) is 34.9 Å². The second kappa shape index (κ2) is 32.3. The van der Waals surface area contributed by atoms with Crippen LogP contribution in [-0.4, -0.2) is 44.4 Å². The monoisotopic (exact) mass is 1850 g/mol. The molecule has 9 aromatic heterocycles. The Balaban J connectivity index is 0.000000102. The standard InChI is InChI=1S/C48H28N4S.C41H24N4S.C37H22N4S/c1-2-16-31-30(15-1)36(27-28-41(31)51-38-22-7-5-19-34(38)35-21-11-13-29-14-12-25-42(51)44(29)35)47-49-45-37-20-6-10-26-43(37)53-46(45)48(50-47)52-39-23-8-3-17-32(39)33-18-4-9-24-40(33)52;1-2-14-27-26(13-1)30(41-43-38-31-16-4-6-21-36(31)46-40(38)39(44-41)32-18-7-8-24-42-32)22-23-34(27)45-33-19-5-3-15-28(33)29-17-9-11-25-12-10-20-35(45)37(25)29;1-3-17-30-27(14-1)28-16-6-9-23-10-7-18-31(33(23)28)41(30)26-13-5-11-24(21-26)37-39-34(25-12-8-20-38-22-25)36-35(40-37)29-15-2-4-19-32(29)42-36/h1-28H;1-24H;1-22H. The molecule has 0 radical (unpaired) electrons. The number of aromatic nitrogens is 9. The Morgan fingerprint density at radius 1 is 0.220 bits per heavy atom. The molecule has 3 aliphatic rings. The van der Waals surface area contributed by atoms with Gasteiger partial charge in [-0.15, -0.1) is 34.0 Å². The Morgan fingerprint density at radius 3 is 1.11 bits per heavy atom. The summed E-state index contributed by atoms with van der Waals surface area (Å²) in [6.07, 6.45) is 5.51. The normalized spacial score (nSPS) is 12.4. The number of hydrogen-bond donors (Lipinski definition) is 0. The van der Waals surface area contributed by atoms with Crippen LogP contribution >= 0.6 is 34.0 Å². The molecule has 656 valence electrons. The summed E-state index contributed by atoms with van der Waals surface area (Å²) in [5.41, 5.74) is 29.7. The minimum absolute atomic E-state index is 0.700. The summed E-state index contributed by atoms with van der Waals surface area (Å²) in [5, 5.41) is 17.9. The highest BCUT2D eigenvalue weighted by Crippen LogP contribution is 2.58. The second-order valence-electron chi connectivity index (χ2n) is 35.8. The summed E-state index contributed by atoms with van der Waals surface area (Å²) in [7, 11) is 0. The maximum atomic E-state index is 5.55. The van der Waals surface area contributed by atoms with Gasteiger partial charge >= 0.3 is 0 Å². The quantitative estimate of drug-likeness (QED) is 0.137. The van der Waals surface area contributed by atoms with E-state index in [0.29, 0.717) is 17.5 Å². The zero-order chi connectivity index (χ0) is 92.4. The van der Waals surface area contributed by atoms with Crippen molar-refractivity contribution in [3.63, 3.8) is 0 Å². The molecule has 0 saturated carbocycles. The fourth-order valence-electron chi connectivity index (χ4n) is 22.0. The van der Waals surface area contributed by atoms with Crippen LogP contribution in [0.25, 0.3) is 233 Å². The van der Waals surface area contributed by atoms with Crippen LogP contribution in [0.2, 0.25) is 0 Å². The maximum absolute atomic E-state index is 5.55. The third-order valence-electron chi connectivity index (χ3n) is 28.1. The zero-order valence-corrected chi connectivity index (χ0v) is 77.8. The number of pyridine rings is 2. The van der Waals surface area contributed by atoms with E-state index in [1.165, 1.54) is 119 Å². The van der Waals surface area contributed by atoms with Gasteiger partial charge in [-0.25, -0.2) is 29.9 Å². The van der Waals surface area contributed by atoms with Gasteiger partial charge in [0.25, 0.3) is 0 Å². The molecule has 0 aliphatic carbocycles. The van der Waals surface area contributed by atoms with E-state index in [1.54, 1.807) is 40.2 Å². The lowest BCUT2D eigenvalue weighted by atomic mass is 9.90. The minimum atomic E-state index is 0.700.